The minimum absolute atomic E-state index is 0.00127. The number of carbonyl (C=O) groups excluding carboxylic acids is 1. The zero-order valence-corrected chi connectivity index (χ0v) is 10.1. The number of nitrogens with one attached hydrogen (secondary N) is 1. The van der Waals surface area contributed by atoms with Crippen LogP contribution in [0.1, 0.15) is 19.8 Å². The molecule has 0 spiro atoms. The Balaban J connectivity index is 1.73. The number of hydrogen-bond acceptors (Lipinski definition) is 3. The minimum atomic E-state index is 0.00127. The molecule has 1 aliphatic heterocycles. The lowest BCUT2D eigenvalue weighted by Gasteiger charge is -2.27. The van der Waals surface area contributed by atoms with Crippen molar-refractivity contribution in [3.8, 4) is 0 Å². The Kier molecular flexibility index (Phi) is 4.14. The van der Waals surface area contributed by atoms with Gasteiger partial charge in [0.2, 0.25) is 5.91 Å². The summed E-state index contributed by atoms with van der Waals surface area (Å²) >= 11 is 0. The fraction of sp³-hybridized carbons (Fsp3) is 0.667. The molecule has 1 aromatic heterocycles. The van der Waals surface area contributed by atoms with E-state index in [0.29, 0.717) is 13.1 Å². The van der Waals surface area contributed by atoms with E-state index in [9.17, 15) is 4.79 Å². The van der Waals surface area contributed by atoms with Gasteiger partial charge in [-0.1, -0.05) is 0 Å². The first-order valence-electron chi connectivity index (χ1n) is 6.14. The summed E-state index contributed by atoms with van der Waals surface area (Å²) in [4.78, 5) is 11.9. The van der Waals surface area contributed by atoms with Gasteiger partial charge in [0.25, 0.3) is 0 Å². The highest BCUT2D eigenvalue weighted by atomic mass is 16.5. The second kappa shape index (κ2) is 5.82. The van der Waals surface area contributed by atoms with Gasteiger partial charge < -0.3 is 10.1 Å². The molecular weight excluding hydrogens is 218 g/mol. The predicted molar refractivity (Wildman–Crippen MR) is 63.4 cm³/mol. The van der Waals surface area contributed by atoms with Crippen molar-refractivity contribution in [2.45, 2.75) is 32.4 Å². The van der Waals surface area contributed by atoms with Crippen molar-refractivity contribution < 1.29 is 9.53 Å². The average Bonchev–Trinajstić information content (AvgIpc) is 2.82. The molecule has 1 fully saturated rings. The highest BCUT2D eigenvalue weighted by Gasteiger charge is 2.28. The SMILES string of the molecule is C[C@H]1OCCC[C@H]1C(=O)NCCn1cccn1. The van der Waals surface area contributed by atoms with Crippen molar-refractivity contribution in [2.75, 3.05) is 13.2 Å². The van der Waals surface area contributed by atoms with Gasteiger partial charge in [0.15, 0.2) is 0 Å². The van der Waals surface area contributed by atoms with Crippen LogP contribution in [-0.4, -0.2) is 34.9 Å². The molecule has 5 nitrogen and oxygen atoms in total. The fourth-order valence-corrected chi connectivity index (χ4v) is 2.13. The van der Waals surface area contributed by atoms with Crippen molar-refractivity contribution >= 4 is 5.91 Å². The van der Waals surface area contributed by atoms with Crippen molar-refractivity contribution in [1.29, 1.82) is 0 Å². The summed E-state index contributed by atoms with van der Waals surface area (Å²) in [6.45, 7) is 4.07. The summed E-state index contributed by atoms with van der Waals surface area (Å²) < 4.78 is 7.29. The molecule has 0 radical (unpaired) electrons. The standard InChI is InChI=1S/C12H19N3O2/c1-10-11(4-2-9-17-10)12(16)13-6-8-15-7-3-5-14-15/h3,5,7,10-11H,2,4,6,8-9H2,1H3,(H,13,16)/t10-,11-/m1/s1. The summed E-state index contributed by atoms with van der Waals surface area (Å²) in [6, 6.07) is 1.87. The first-order valence-corrected chi connectivity index (χ1v) is 6.14. The summed E-state index contributed by atoms with van der Waals surface area (Å²) in [7, 11) is 0. The lowest BCUT2D eigenvalue weighted by molar-refractivity contribution is -0.133. The number of hydrogen-bond donors (Lipinski definition) is 1. The average molecular weight is 237 g/mol. The van der Waals surface area contributed by atoms with E-state index in [1.165, 1.54) is 0 Å². The molecule has 0 unspecified atom stereocenters. The Hall–Kier alpha value is -1.36. The molecule has 94 valence electrons. The van der Waals surface area contributed by atoms with Crippen LogP contribution in [-0.2, 0) is 16.1 Å². The van der Waals surface area contributed by atoms with Gasteiger partial charge in [0.05, 0.1) is 18.6 Å². The Labute approximate surface area is 101 Å². The van der Waals surface area contributed by atoms with Gasteiger partial charge in [-0.2, -0.15) is 5.10 Å². The maximum absolute atomic E-state index is 11.9. The number of ether oxygens (including phenoxy) is 1. The molecule has 1 saturated heterocycles. The van der Waals surface area contributed by atoms with Crippen LogP contribution in [0.3, 0.4) is 0 Å². The van der Waals surface area contributed by atoms with E-state index in [1.54, 1.807) is 10.9 Å². The first kappa shape index (κ1) is 12.1. The molecule has 0 aliphatic carbocycles. The predicted octanol–water partition coefficient (Wildman–Crippen LogP) is 0.814. The van der Waals surface area contributed by atoms with Gasteiger partial charge >= 0.3 is 0 Å². The minimum Gasteiger partial charge on any atom is -0.378 e. The van der Waals surface area contributed by atoms with E-state index >= 15 is 0 Å². The van der Waals surface area contributed by atoms with Crippen LogP contribution >= 0.6 is 0 Å². The van der Waals surface area contributed by atoms with Gasteiger partial charge in [-0.05, 0) is 25.8 Å². The zero-order valence-electron chi connectivity index (χ0n) is 10.1. The van der Waals surface area contributed by atoms with Crippen LogP contribution in [0, 0.1) is 5.92 Å². The maximum Gasteiger partial charge on any atom is 0.225 e. The molecule has 0 saturated carbocycles. The van der Waals surface area contributed by atoms with E-state index in [2.05, 4.69) is 10.4 Å². The molecule has 2 rings (SSSR count). The Bertz CT molecular complexity index is 351. The number of amides is 1. The molecular formula is C12H19N3O2. The molecule has 1 aromatic rings. The van der Waals surface area contributed by atoms with E-state index < -0.39 is 0 Å². The third kappa shape index (κ3) is 3.30. The van der Waals surface area contributed by atoms with Crippen molar-refractivity contribution in [2.24, 2.45) is 5.92 Å². The second-order valence-electron chi connectivity index (χ2n) is 4.38. The van der Waals surface area contributed by atoms with E-state index in [4.69, 9.17) is 4.74 Å². The molecule has 5 heteroatoms. The summed E-state index contributed by atoms with van der Waals surface area (Å²) in [5.74, 6) is 0.103. The Morgan fingerprint density at radius 2 is 2.53 bits per heavy atom. The lowest BCUT2D eigenvalue weighted by atomic mass is 9.94. The summed E-state index contributed by atoms with van der Waals surface area (Å²) in [5, 5.41) is 7.02. The molecule has 0 aromatic carbocycles. The van der Waals surface area contributed by atoms with Crippen LogP contribution in [0.25, 0.3) is 0 Å². The topological polar surface area (TPSA) is 56.1 Å². The number of aromatic nitrogens is 2. The normalized spacial score (nSPS) is 24.5. The number of nitrogens with zero attached hydrogens (tertiary/aromatic N) is 2. The van der Waals surface area contributed by atoms with Crippen LogP contribution in [0.4, 0.5) is 0 Å². The number of carbonyl (C=O) groups is 1. The molecule has 17 heavy (non-hydrogen) atoms. The monoisotopic (exact) mass is 237 g/mol. The van der Waals surface area contributed by atoms with Gasteiger partial charge in [0.1, 0.15) is 0 Å². The largest absolute Gasteiger partial charge is 0.378 e. The summed E-state index contributed by atoms with van der Waals surface area (Å²) in [6.07, 6.45) is 5.56. The fourth-order valence-electron chi connectivity index (χ4n) is 2.13. The highest BCUT2D eigenvalue weighted by Crippen LogP contribution is 2.20. The second-order valence-corrected chi connectivity index (χ2v) is 4.38. The molecule has 1 aliphatic rings. The van der Waals surface area contributed by atoms with Crippen LogP contribution in [0.15, 0.2) is 18.5 Å². The van der Waals surface area contributed by atoms with Gasteiger partial charge in [-0.15, -0.1) is 0 Å². The van der Waals surface area contributed by atoms with Crippen molar-refractivity contribution in [1.82, 2.24) is 15.1 Å². The molecule has 2 atom stereocenters. The van der Waals surface area contributed by atoms with Crippen molar-refractivity contribution in [3.05, 3.63) is 18.5 Å². The van der Waals surface area contributed by atoms with E-state index in [0.717, 1.165) is 19.4 Å². The van der Waals surface area contributed by atoms with Gasteiger partial charge in [0, 0.05) is 25.5 Å². The maximum atomic E-state index is 11.9. The zero-order chi connectivity index (χ0) is 12.1. The smallest absolute Gasteiger partial charge is 0.225 e. The third-order valence-corrected chi connectivity index (χ3v) is 3.14. The van der Waals surface area contributed by atoms with Gasteiger partial charge in [-0.3, -0.25) is 9.48 Å². The Morgan fingerprint density at radius 1 is 1.65 bits per heavy atom. The van der Waals surface area contributed by atoms with E-state index in [1.807, 2.05) is 19.2 Å². The van der Waals surface area contributed by atoms with Crippen LogP contribution < -0.4 is 5.32 Å². The van der Waals surface area contributed by atoms with Crippen LogP contribution in [0.5, 0.6) is 0 Å². The summed E-state index contributed by atoms with van der Waals surface area (Å²) in [5.41, 5.74) is 0. The third-order valence-electron chi connectivity index (χ3n) is 3.14. The quantitative estimate of drug-likeness (QED) is 0.843. The first-order chi connectivity index (χ1) is 8.27. The van der Waals surface area contributed by atoms with Crippen molar-refractivity contribution in [3.63, 3.8) is 0 Å². The van der Waals surface area contributed by atoms with Crippen LogP contribution in [0.2, 0.25) is 0 Å². The lowest BCUT2D eigenvalue weighted by Crippen LogP contribution is -2.41. The van der Waals surface area contributed by atoms with E-state index in [-0.39, 0.29) is 17.9 Å². The number of rotatable bonds is 4. The van der Waals surface area contributed by atoms with Gasteiger partial charge in [-0.25, -0.2) is 0 Å². The Morgan fingerprint density at radius 3 is 3.24 bits per heavy atom. The molecule has 1 amide bonds. The molecule has 1 N–H and O–H groups in total. The molecule has 2 heterocycles. The highest BCUT2D eigenvalue weighted by molar-refractivity contribution is 5.79. The molecule has 0 bridgehead atoms.